The highest BCUT2D eigenvalue weighted by atomic mass is 19.4. The van der Waals surface area contributed by atoms with Gasteiger partial charge in [-0.05, 0) is 19.8 Å². The van der Waals surface area contributed by atoms with Crippen LogP contribution in [0.4, 0.5) is 13.2 Å². The van der Waals surface area contributed by atoms with Crippen molar-refractivity contribution in [2.45, 2.75) is 45.2 Å². The van der Waals surface area contributed by atoms with E-state index >= 15 is 0 Å². The van der Waals surface area contributed by atoms with E-state index in [2.05, 4.69) is 4.74 Å². The first-order chi connectivity index (χ1) is 6.45. The fourth-order valence-corrected chi connectivity index (χ4v) is 1.00. The Kier molecular flexibility index (Phi) is 6.32. The first-order valence-electron chi connectivity index (χ1n) is 4.68. The molecular formula is C9H15F3O2. The molecule has 0 radical (unpaired) electrons. The molecule has 5 heteroatoms. The first kappa shape index (κ1) is 13.3. The molecule has 0 atom stereocenters. The van der Waals surface area contributed by atoms with Crippen LogP contribution in [0.2, 0.25) is 0 Å². The summed E-state index contributed by atoms with van der Waals surface area (Å²) in [7, 11) is 0. The Balaban J connectivity index is 3.26. The predicted octanol–water partition coefficient (Wildman–Crippen LogP) is 3.06. The van der Waals surface area contributed by atoms with Crippen molar-refractivity contribution in [2.75, 3.05) is 6.61 Å². The maximum absolute atomic E-state index is 11.7. The van der Waals surface area contributed by atoms with Crippen molar-refractivity contribution in [3.63, 3.8) is 0 Å². The molecule has 0 aliphatic heterocycles. The van der Waals surface area contributed by atoms with Crippen molar-refractivity contribution in [3.05, 3.63) is 0 Å². The Bertz CT molecular complexity index is 166. The zero-order chi connectivity index (χ0) is 11.0. The van der Waals surface area contributed by atoms with Crippen LogP contribution in [0.1, 0.15) is 39.0 Å². The molecule has 0 bridgehead atoms. The van der Waals surface area contributed by atoms with E-state index in [1.54, 1.807) is 6.92 Å². The summed E-state index contributed by atoms with van der Waals surface area (Å²) in [5, 5.41) is 0. The van der Waals surface area contributed by atoms with E-state index in [4.69, 9.17) is 0 Å². The molecule has 0 aromatic rings. The number of esters is 1. The summed E-state index contributed by atoms with van der Waals surface area (Å²) >= 11 is 0. The van der Waals surface area contributed by atoms with Gasteiger partial charge in [-0.25, -0.2) is 0 Å². The van der Waals surface area contributed by atoms with Gasteiger partial charge in [0, 0.05) is 12.8 Å². The smallest absolute Gasteiger partial charge is 0.389 e. The molecule has 0 saturated carbocycles. The number of unbranched alkanes of at least 4 members (excludes halogenated alkanes) is 2. The summed E-state index contributed by atoms with van der Waals surface area (Å²) in [6.07, 6.45) is -3.67. The molecule has 0 saturated heterocycles. The summed E-state index contributed by atoms with van der Waals surface area (Å²) in [5.41, 5.74) is 0. The summed E-state index contributed by atoms with van der Waals surface area (Å²) < 4.78 is 39.6. The highest BCUT2D eigenvalue weighted by Crippen LogP contribution is 2.22. The topological polar surface area (TPSA) is 26.3 Å². The van der Waals surface area contributed by atoms with Gasteiger partial charge in [0.05, 0.1) is 6.61 Å². The Hall–Kier alpha value is -0.740. The monoisotopic (exact) mass is 212 g/mol. The molecule has 0 amide bonds. The second-order valence-corrected chi connectivity index (χ2v) is 2.98. The van der Waals surface area contributed by atoms with Gasteiger partial charge >= 0.3 is 12.1 Å². The number of rotatable bonds is 6. The molecule has 0 heterocycles. The van der Waals surface area contributed by atoms with Crippen molar-refractivity contribution >= 4 is 5.97 Å². The van der Waals surface area contributed by atoms with Crippen molar-refractivity contribution < 1.29 is 22.7 Å². The van der Waals surface area contributed by atoms with E-state index in [9.17, 15) is 18.0 Å². The lowest BCUT2D eigenvalue weighted by atomic mass is 10.1. The van der Waals surface area contributed by atoms with Gasteiger partial charge < -0.3 is 4.74 Å². The highest BCUT2D eigenvalue weighted by Gasteiger charge is 2.25. The van der Waals surface area contributed by atoms with E-state index < -0.39 is 12.6 Å². The van der Waals surface area contributed by atoms with Gasteiger partial charge in [0.15, 0.2) is 0 Å². The Labute approximate surface area is 81.4 Å². The van der Waals surface area contributed by atoms with Gasteiger partial charge in [0.25, 0.3) is 0 Å². The molecular weight excluding hydrogens is 197 g/mol. The zero-order valence-corrected chi connectivity index (χ0v) is 8.19. The summed E-state index contributed by atoms with van der Waals surface area (Å²) in [4.78, 5) is 10.8. The molecule has 84 valence electrons. The normalized spacial score (nSPS) is 11.4. The molecule has 0 unspecified atom stereocenters. The molecule has 2 nitrogen and oxygen atoms in total. The lowest BCUT2D eigenvalue weighted by Crippen LogP contribution is -2.07. The van der Waals surface area contributed by atoms with Crippen molar-refractivity contribution in [1.29, 1.82) is 0 Å². The van der Waals surface area contributed by atoms with Gasteiger partial charge in [0.2, 0.25) is 0 Å². The summed E-state index contributed by atoms with van der Waals surface area (Å²) in [5.74, 6) is -0.334. The van der Waals surface area contributed by atoms with Crippen molar-refractivity contribution in [3.8, 4) is 0 Å². The van der Waals surface area contributed by atoms with E-state index in [1.807, 2.05) is 0 Å². The van der Waals surface area contributed by atoms with Gasteiger partial charge in [-0.3, -0.25) is 4.79 Å². The average molecular weight is 212 g/mol. The molecule has 0 spiro atoms. The van der Waals surface area contributed by atoms with E-state index in [1.165, 1.54) is 0 Å². The number of halogens is 3. The van der Waals surface area contributed by atoms with Crippen LogP contribution in [0.5, 0.6) is 0 Å². The second kappa shape index (κ2) is 6.68. The molecule has 0 rings (SSSR count). The van der Waals surface area contributed by atoms with Crippen LogP contribution in [0.3, 0.4) is 0 Å². The van der Waals surface area contributed by atoms with Crippen LogP contribution in [0.15, 0.2) is 0 Å². The molecule has 0 fully saturated rings. The third-order valence-corrected chi connectivity index (χ3v) is 1.65. The molecule has 0 aliphatic rings. The SMILES string of the molecule is CCOC(=O)CCCCCC(F)(F)F. The van der Waals surface area contributed by atoms with Crippen LogP contribution in [-0.4, -0.2) is 18.8 Å². The largest absolute Gasteiger partial charge is 0.466 e. The minimum absolute atomic E-state index is 0.0862. The Morgan fingerprint density at radius 1 is 1.21 bits per heavy atom. The van der Waals surface area contributed by atoms with Crippen LogP contribution in [0.25, 0.3) is 0 Å². The van der Waals surface area contributed by atoms with Crippen LogP contribution < -0.4 is 0 Å². The van der Waals surface area contributed by atoms with Gasteiger partial charge in [-0.15, -0.1) is 0 Å². The first-order valence-corrected chi connectivity index (χ1v) is 4.68. The van der Waals surface area contributed by atoms with E-state index in [-0.39, 0.29) is 18.8 Å². The quantitative estimate of drug-likeness (QED) is 0.499. The van der Waals surface area contributed by atoms with Gasteiger partial charge in [-0.1, -0.05) is 6.42 Å². The molecule has 14 heavy (non-hydrogen) atoms. The Morgan fingerprint density at radius 2 is 1.86 bits per heavy atom. The zero-order valence-electron chi connectivity index (χ0n) is 8.19. The maximum Gasteiger partial charge on any atom is 0.389 e. The third-order valence-electron chi connectivity index (χ3n) is 1.65. The lowest BCUT2D eigenvalue weighted by molar-refractivity contribution is -0.143. The molecule has 0 aromatic carbocycles. The van der Waals surface area contributed by atoms with Gasteiger partial charge in [0.1, 0.15) is 0 Å². The second-order valence-electron chi connectivity index (χ2n) is 2.98. The number of hydrogen-bond donors (Lipinski definition) is 0. The fourth-order valence-electron chi connectivity index (χ4n) is 1.00. The lowest BCUT2D eigenvalue weighted by Gasteiger charge is -2.05. The Morgan fingerprint density at radius 3 is 2.36 bits per heavy atom. The maximum atomic E-state index is 11.7. The molecule has 0 aliphatic carbocycles. The van der Waals surface area contributed by atoms with E-state index in [0.717, 1.165) is 0 Å². The average Bonchev–Trinajstić information content (AvgIpc) is 2.02. The third kappa shape index (κ3) is 9.35. The molecule has 0 N–H and O–H groups in total. The predicted molar refractivity (Wildman–Crippen MR) is 45.8 cm³/mol. The van der Waals surface area contributed by atoms with Crippen molar-refractivity contribution in [1.82, 2.24) is 0 Å². The van der Waals surface area contributed by atoms with Crippen molar-refractivity contribution in [2.24, 2.45) is 0 Å². The highest BCUT2D eigenvalue weighted by molar-refractivity contribution is 5.69. The van der Waals surface area contributed by atoms with Crippen LogP contribution in [-0.2, 0) is 9.53 Å². The summed E-state index contributed by atoms with van der Waals surface area (Å²) in [6.45, 7) is 2.02. The number of ether oxygens (including phenoxy) is 1. The van der Waals surface area contributed by atoms with Crippen LogP contribution >= 0.6 is 0 Å². The molecule has 0 aromatic heterocycles. The number of hydrogen-bond acceptors (Lipinski definition) is 2. The minimum Gasteiger partial charge on any atom is -0.466 e. The summed E-state index contributed by atoms with van der Waals surface area (Å²) in [6, 6.07) is 0. The van der Waals surface area contributed by atoms with E-state index in [0.29, 0.717) is 19.4 Å². The van der Waals surface area contributed by atoms with Crippen LogP contribution in [0, 0.1) is 0 Å². The number of carbonyl (C=O) groups excluding carboxylic acids is 1. The minimum atomic E-state index is -4.08. The van der Waals surface area contributed by atoms with Gasteiger partial charge in [-0.2, -0.15) is 13.2 Å². The number of alkyl halides is 3. The standard InChI is InChI=1S/C9H15F3O2/c1-2-14-8(13)6-4-3-5-7-9(10,11)12/h2-7H2,1H3. The fraction of sp³-hybridized carbons (Fsp3) is 0.889. The number of carbonyl (C=O) groups is 1.